The fraction of sp³-hybridized carbons (Fsp3) is 0.273. The Labute approximate surface area is 169 Å². The summed E-state index contributed by atoms with van der Waals surface area (Å²) >= 11 is 0. The summed E-state index contributed by atoms with van der Waals surface area (Å²) in [5.41, 5.74) is 1.43. The van der Waals surface area contributed by atoms with Crippen LogP contribution in [0.25, 0.3) is 0 Å². The lowest BCUT2D eigenvalue weighted by molar-refractivity contribution is -0.121. The Morgan fingerprint density at radius 1 is 0.966 bits per heavy atom. The van der Waals surface area contributed by atoms with Gasteiger partial charge in [0, 0.05) is 17.8 Å². The van der Waals surface area contributed by atoms with E-state index in [-0.39, 0.29) is 11.8 Å². The fourth-order valence-electron chi connectivity index (χ4n) is 3.40. The highest BCUT2D eigenvalue weighted by Crippen LogP contribution is 2.27. The molecule has 7 heteroatoms. The van der Waals surface area contributed by atoms with Crippen molar-refractivity contribution in [3.8, 4) is 0 Å². The summed E-state index contributed by atoms with van der Waals surface area (Å²) in [6, 6.07) is 12.1. The van der Waals surface area contributed by atoms with Crippen LogP contribution in [-0.2, 0) is 4.79 Å². The van der Waals surface area contributed by atoms with E-state index >= 15 is 0 Å². The van der Waals surface area contributed by atoms with Crippen molar-refractivity contribution < 1.29 is 19.2 Å². The van der Waals surface area contributed by atoms with Gasteiger partial charge in [0.15, 0.2) is 0 Å². The Morgan fingerprint density at radius 3 is 2.14 bits per heavy atom. The van der Waals surface area contributed by atoms with Gasteiger partial charge in [-0.15, -0.1) is 0 Å². The first-order chi connectivity index (χ1) is 13.8. The number of nitrogens with zero attached hydrogens (tertiary/aromatic N) is 1. The Morgan fingerprint density at radius 2 is 1.59 bits per heavy atom. The maximum Gasteiger partial charge on any atom is 0.262 e. The van der Waals surface area contributed by atoms with Gasteiger partial charge in [-0.2, -0.15) is 0 Å². The molecule has 2 aromatic carbocycles. The molecule has 29 heavy (non-hydrogen) atoms. The summed E-state index contributed by atoms with van der Waals surface area (Å²) in [6.45, 7) is 5.86. The van der Waals surface area contributed by atoms with Gasteiger partial charge in [-0.1, -0.05) is 32.0 Å². The predicted molar refractivity (Wildman–Crippen MR) is 109 cm³/mol. The quantitative estimate of drug-likeness (QED) is 0.738. The minimum atomic E-state index is -0.976. The standard InChI is InChI=1S/C22H23N3O4/c1-4-23-19(26)14-8-7-9-15(12-14)24-20(27)18(13(2)3)25-21(28)16-10-5-6-11-17(16)22(25)29/h5-13,18H,4H2,1-3H3,(H,23,26)(H,24,27). The molecular weight excluding hydrogens is 370 g/mol. The summed E-state index contributed by atoms with van der Waals surface area (Å²) < 4.78 is 0. The zero-order valence-corrected chi connectivity index (χ0v) is 16.6. The number of rotatable bonds is 6. The number of carbonyl (C=O) groups is 4. The molecule has 1 heterocycles. The average Bonchev–Trinajstić information content (AvgIpc) is 2.94. The van der Waals surface area contributed by atoms with Crippen LogP contribution in [0.2, 0.25) is 0 Å². The molecule has 0 bridgehead atoms. The van der Waals surface area contributed by atoms with E-state index in [1.54, 1.807) is 62.4 Å². The van der Waals surface area contributed by atoms with Gasteiger partial charge in [0.1, 0.15) is 6.04 Å². The summed E-state index contributed by atoms with van der Waals surface area (Å²) in [6.07, 6.45) is 0. The maximum atomic E-state index is 13.0. The van der Waals surface area contributed by atoms with Crippen LogP contribution < -0.4 is 10.6 Å². The fourth-order valence-corrected chi connectivity index (χ4v) is 3.40. The highest BCUT2D eigenvalue weighted by atomic mass is 16.2. The predicted octanol–water partition coefficient (Wildman–Crippen LogP) is 2.70. The number of hydrogen-bond acceptors (Lipinski definition) is 4. The van der Waals surface area contributed by atoms with Gasteiger partial charge in [-0.3, -0.25) is 24.1 Å². The van der Waals surface area contributed by atoms with Gasteiger partial charge < -0.3 is 10.6 Å². The molecule has 150 valence electrons. The molecule has 0 spiro atoms. The molecule has 1 unspecified atom stereocenters. The highest BCUT2D eigenvalue weighted by Gasteiger charge is 2.43. The third-order valence-electron chi connectivity index (χ3n) is 4.73. The summed E-state index contributed by atoms with van der Waals surface area (Å²) in [5, 5.41) is 5.44. The van der Waals surface area contributed by atoms with Gasteiger partial charge in [0.2, 0.25) is 5.91 Å². The second-order valence-corrected chi connectivity index (χ2v) is 7.14. The number of imide groups is 1. The number of hydrogen-bond donors (Lipinski definition) is 2. The maximum absolute atomic E-state index is 13.0. The van der Waals surface area contributed by atoms with E-state index in [1.165, 1.54) is 0 Å². The molecular formula is C22H23N3O4. The van der Waals surface area contributed by atoms with Crippen LogP contribution in [0.5, 0.6) is 0 Å². The number of anilines is 1. The second-order valence-electron chi connectivity index (χ2n) is 7.14. The molecule has 1 aliphatic rings. The van der Waals surface area contributed by atoms with Crippen LogP contribution >= 0.6 is 0 Å². The number of carbonyl (C=O) groups excluding carboxylic acids is 4. The zero-order chi connectivity index (χ0) is 21.1. The van der Waals surface area contributed by atoms with E-state index in [2.05, 4.69) is 10.6 Å². The van der Waals surface area contributed by atoms with Crippen molar-refractivity contribution in [1.82, 2.24) is 10.2 Å². The van der Waals surface area contributed by atoms with E-state index in [0.717, 1.165) is 4.90 Å². The molecule has 1 atom stereocenters. The normalized spacial score (nSPS) is 14.0. The number of benzene rings is 2. The third-order valence-corrected chi connectivity index (χ3v) is 4.73. The Kier molecular flexibility index (Phi) is 5.77. The Bertz CT molecular complexity index is 949. The van der Waals surface area contributed by atoms with Crippen molar-refractivity contribution in [3.63, 3.8) is 0 Å². The molecule has 2 aromatic rings. The van der Waals surface area contributed by atoms with E-state index in [1.807, 2.05) is 6.92 Å². The molecule has 1 aliphatic heterocycles. The van der Waals surface area contributed by atoms with E-state index < -0.39 is 23.8 Å². The SMILES string of the molecule is CCNC(=O)c1cccc(NC(=O)C(C(C)C)N2C(=O)c3ccccc3C2=O)c1. The minimum Gasteiger partial charge on any atom is -0.352 e. The molecule has 0 aliphatic carbocycles. The number of nitrogens with one attached hydrogen (secondary N) is 2. The topological polar surface area (TPSA) is 95.6 Å². The van der Waals surface area contributed by atoms with Gasteiger partial charge in [-0.25, -0.2) is 0 Å². The van der Waals surface area contributed by atoms with Crippen molar-refractivity contribution in [1.29, 1.82) is 0 Å². The van der Waals surface area contributed by atoms with Gasteiger partial charge in [-0.05, 0) is 43.2 Å². The van der Waals surface area contributed by atoms with Crippen LogP contribution in [0.15, 0.2) is 48.5 Å². The molecule has 7 nitrogen and oxygen atoms in total. The Hall–Kier alpha value is -3.48. The third kappa shape index (κ3) is 3.89. The molecule has 0 aromatic heterocycles. The van der Waals surface area contributed by atoms with Crippen molar-refractivity contribution in [2.24, 2.45) is 5.92 Å². The highest BCUT2D eigenvalue weighted by molar-refractivity contribution is 6.23. The van der Waals surface area contributed by atoms with E-state index in [4.69, 9.17) is 0 Å². The second kappa shape index (κ2) is 8.26. The number of fused-ring (bicyclic) bond motifs is 1. The summed E-state index contributed by atoms with van der Waals surface area (Å²) in [4.78, 5) is 51.7. The lowest BCUT2D eigenvalue weighted by Crippen LogP contribution is -2.50. The van der Waals surface area contributed by atoms with Crippen LogP contribution in [-0.4, -0.2) is 41.1 Å². The minimum absolute atomic E-state index is 0.246. The molecule has 2 N–H and O–H groups in total. The summed E-state index contributed by atoms with van der Waals surface area (Å²) in [5.74, 6) is -1.98. The summed E-state index contributed by atoms with van der Waals surface area (Å²) in [7, 11) is 0. The van der Waals surface area contributed by atoms with Gasteiger partial charge in [0.25, 0.3) is 17.7 Å². The largest absolute Gasteiger partial charge is 0.352 e. The van der Waals surface area contributed by atoms with Crippen molar-refractivity contribution >= 4 is 29.3 Å². The zero-order valence-electron chi connectivity index (χ0n) is 16.6. The smallest absolute Gasteiger partial charge is 0.262 e. The molecule has 4 amide bonds. The average molecular weight is 393 g/mol. The van der Waals surface area contributed by atoms with Gasteiger partial charge in [0.05, 0.1) is 11.1 Å². The van der Waals surface area contributed by atoms with Crippen LogP contribution in [0.4, 0.5) is 5.69 Å². The van der Waals surface area contributed by atoms with Gasteiger partial charge >= 0.3 is 0 Å². The van der Waals surface area contributed by atoms with E-state index in [0.29, 0.717) is 28.9 Å². The lowest BCUT2D eigenvalue weighted by Gasteiger charge is -2.28. The van der Waals surface area contributed by atoms with Crippen molar-refractivity contribution in [3.05, 3.63) is 65.2 Å². The monoisotopic (exact) mass is 393 g/mol. The molecule has 3 rings (SSSR count). The molecule has 0 fully saturated rings. The van der Waals surface area contributed by atoms with Crippen LogP contribution in [0.1, 0.15) is 51.8 Å². The lowest BCUT2D eigenvalue weighted by atomic mass is 10.0. The molecule has 0 saturated heterocycles. The van der Waals surface area contributed by atoms with Crippen LogP contribution in [0.3, 0.4) is 0 Å². The van der Waals surface area contributed by atoms with E-state index in [9.17, 15) is 19.2 Å². The number of amides is 4. The van der Waals surface area contributed by atoms with Crippen molar-refractivity contribution in [2.45, 2.75) is 26.8 Å². The first-order valence-electron chi connectivity index (χ1n) is 9.51. The Balaban J connectivity index is 1.85. The first-order valence-corrected chi connectivity index (χ1v) is 9.51. The first kappa shape index (κ1) is 20.3. The van der Waals surface area contributed by atoms with Crippen LogP contribution in [0, 0.1) is 5.92 Å². The molecule has 0 radical (unpaired) electrons. The molecule has 0 saturated carbocycles. The van der Waals surface area contributed by atoms with Crippen molar-refractivity contribution in [2.75, 3.05) is 11.9 Å².